The number of ketones is 1. The van der Waals surface area contributed by atoms with Crippen molar-refractivity contribution < 1.29 is 14.3 Å². The predicted octanol–water partition coefficient (Wildman–Crippen LogP) is 5.66. The average molecular weight is 373 g/mol. The van der Waals surface area contributed by atoms with Crippen molar-refractivity contribution in [2.45, 2.75) is 6.29 Å². The van der Waals surface area contributed by atoms with Gasteiger partial charge in [0.15, 0.2) is 0 Å². The van der Waals surface area contributed by atoms with Crippen molar-refractivity contribution in [1.29, 1.82) is 0 Å². The monoisotopic (exact) mass is 372 g/mol. The molecule has 25 heavy (non-hydrogen) atoms. The van der Waals surface area contributed by atoms with Gasteiger partial charge in [-0.1, -0.05) is 77.8 Å². The molecule has 0 saturated heterocycles. The zero-order valence-electron chi connectivity index (χ0n) is 13.1. The molecule has 0 fully saturated rings. The summed E-state index contributed by atoms with van der Waals surface area (Å²) in [5, 5.41) is 0.771. The molecule has 0 heterocycles. The normalized spacial score (nSPS) is 10.5. The molecule has 0 amide bonds. The fraction of sp³-hybridized carbons (Fsp3) is 0.0500. The number of benzene rings is 3. The molecule has 3 rings (SSSR count). The van der Waals surface area contributed by atoms with Crippen LogP contribution in [0.25, 0.3) is 0 Å². The maximum Gasteiger partial charge on any atom is 0.305 e. The standard InChI is InChI=1S/C20H14Cl2O3/c21-15-10-4-6-12-17(15)24-20(19(23)14-8-2-1-3-9-14)25-18-13-7-5-11-16(18)22/h1-13,20H. The van der Waals surface area contributed by atoms with Crippen LogP contribution in [-0.4, -0.2) is 12.1 Å². The number of halogens is 2. The lowest BCUT2D eigenvalue weighted by Crippen LogP contribution is -2.33. The zero-order chi connectivity index (χ0) is 17.6. The minimum Gasteiger partial charge on any atom is -0.446 e. The number of hydrogen-bond donors (Lipinski definition) is 0. The molecule has 0 unspecified atom stereocenters. The van der Waals surface area contributed by atoms with Crippen molar-refractivity contribution in [3.05, 3.63) is 94.5 Å². The van der Waals surface area contributed by atoms with E-state index in [1.807, 2.05) is 6.07 Å². The summed E-state index contributed by atoms with van der Waals surface area (Å²) in [5.41, 5.74) is 0.464. The van der Waals surface area contributed by atoms with Gasteiger partial charge in [-0.05, 0) is 24.3 Å². The van der Waals surface area contributed by atoms with Crippen molar-refractivity contribution in [2.75, 3.05) is 0 Å². The summed E-state index contributed by atoms with van der Waals surface area (Å²) >= 11 is 12.3. The first-order valence-corrected chi connectivity index (χ1v) is 8.32. The Hall–Kier alpha value is -2.49. The van der Waals surface area contributed by atoms with E-state index in [9.17, 15) is 4.79 Å². The van der Waals surface area contributed by atoms with Crippen LogP contribution in [-0.2, 0) is 0 Å². The van der Waals surface area contributed by atoms with Crippen LogP contribution in [0.5, 0.6) is 11.5 Å². The van der Waals surface area contributed by atoms with Gasteiger partial charge in [0.25, 0.3) is 0 Å². The smallest absolute Gasteiger partial charge is 0.305 e. The number of hydrogen-bond acceptors (Lipinski definition) is 3. The molecule has 0 radical (unpaired) electrons. The van der Waals surface area contributed by atoms with Crippen LogP contribution in [0.15, 0.2) is 78.9 Å². The Morgan fingerprint density at radius 2 is 1.12 bits per heavy atom. The largest absolute Gasteiger partial charge is 0.446 e. The first-order valence-electron chi connectivity index (χ1n) is 7.57. The summed E-state index contributed by atoms with van der Waals surface area (Å²) < 4.78 is 11.5. The third-order valence-electron chi connectivity index (χ3n) is 3.41. The maximum absolute atomic E-state index is 12.8. The second-order valence-corrected chi connectivity index (χ2v) is 5.97. The molecule has 3 aromatic carbocycles. The van der Waals surface area contributed by atoms with Gasteiger partial charge in [0.05, 0.1) is 10.0 Å². The SMILES string of the molecule is O=C(c1ccccc1)C(Oc1ccccc1Cl)Oc1ccccc1Cl. The first-order chi connectivity index (χ1) is 12.1. The van der Waals surface area contributed by atoms with Crippen LogP contribution >= 0.6 is 23.2 Å². The quantitative estimate of drug-likeness (QED) is 0.413. The Morgan fingerprint density at radius 1 is 0.680 bits per heavy atom. The summed E-state index contributed by atoms with van der Waals surface area (Å²) in [6, 6.07) is 22.5. The number of carbonyl (C=O) groups excluding carboxylic acids is 1. The molecule has 0 aliphatic heterocycles. The van der Waals surface area contributed by atoms with Crippen LogP contribution < -0.4 is 9.47 Å². The third-order valence-corrected chi connectivity index (χ3v) is 4.04. The van der Waals surface area contributed by atoms with Crippen LogP contribution in [0, 0.1) is 0 Å². The van der Waals surface area contributed by atoms with Gasteiger partial charge in [-0.25, -0.2) is 0 Å². The number of para-hydroxylation sites is 2. The topological polar surface area (TPSA) is 35.5 Å². The van der Waals surface area contributed by atoms with E-state index in [0.29, 0.717) is 27.1 Å². The first kappa shape index (κ1) is 17.3. The molecular weight excluding hydrogens is 359 g/mol. The van der Waals surface area contributed by atoms with Crippen LogP contribution in [0.3, 0.4) is 0 Å². The molecule has 3 nitrogen and oxygen atoms in total. The van der Waals surface area contributed by atoms with Crippen molar-refractivity contribution in [1.82, 2.24) is 0 Å². The molecule has 0 aromatic heterocycles. The highest BCUT2D eigenvalue weighted by molar-refractivity contribution is 6.32. The van der Waals surface area contributed by atoms with E-state index in [1.54, 1.807) is 72.8 Å². The number of Topliss-reactive ketones (excluding diaryl/α,β-unsaturated/α-hetero) is 1. The lowest BCUT2D eigenvalue weighted by atomic mass is 10.1. The Bertz CT molecular complexity index is 818. The van der Waals surface area contributed by atoms with E-state index in [2.05, 4.69) is 0 Å². The van der Waals surface area contributed by atoms with Gasteiger partial charge in [-0.2, -0.15) is 0 Å². The number of rotatable bonds is 6. The molecule has 0 aliphatic carbocycles. The summed E-state index contributed by atoms with van der Waals surface area (Å²) in [6.07, 6.45) is -1.22. The Labute approximate surface area is 155 Å². The molecular formula is C20H14Cl2O3. The molecule has 0 spiro atoms. The Balaban J connectivity index is 1.92. The van der Waals surface area contributed by atoms with Gasteiger partial charge in [-0.15, -0.1) is 0 Å². The lowest BCUT2D eigenvalue weighted by molar-refractivity contribution is 0.0125. The molecule has 0 atom stereocenters. The van der Waals surface area contributed by atoms with E-state index < -0.39 is 6.29 Å². The van der Waals surface area contributed by atoms with Gasteiger partial charge < -0.3 is 9.47 Å². The second kappa shape index (κ2) is 8.06. The minimum absolute atomic E-state index is 0.333. The maximum atomic E-state index is 12.8. The highest BCUT2D eigenvalue weighted by Gasteiger charge is 2.25. The average Bonchev–Trinajstić information content (AvgIpc) is 2.65. The van der Waals surface area contributed by atoms with E-state index >= 15 is 0 Å². The van der Waals surface area contributed by atoms with Crippen LogP contribution in [0.2, 0.25) is 10.0 Å². The summed E-state index contributed by atoms with van der Waals surface area (Å²) in [6.45, 7) is 0. The van der Waals surface area contributed by atoms with E-state index in [4.69, 9.17) is 32.7 Å². The molecule has 0 saturated carbocycles. The summed E-state index contributed by atoms with van der Waals surface area (Å²) in [7, 11) is 0. The summed E-state index contributed by atoms with van der Waals surface area (Å²) in [4.78, 5) is 12.8. The van der Waals surface area contributed by atoms with Gasteiger partial charge >= 0.3 is 6.29 Å². The Morgan fingerprint density at radius 3 is 1.60 bits per heavy atom. The third kappa shape index (κ3) is 4.32. The van der Waals surface area contributed by atoms with E-state index in [0.717, 1.165) is 0 Å². The highest BCUT2D eigenvalue weighted by Crippen LogP contribution is 2.28. The fourth-order valence-electron chi connectivity index (χ4n) is 2.18. The van der Waals surface area contributed by atoms with Crippen molar-refractivity contribution >= 4 is 29.0 Å². The van der Waals surface area contributed by atoms with Gasteiger partial charge in [0, 0.05) is 5.56 Å². The number of carbonyl (C=O) groups is 1. The van der Waals surface area contributed by atoms with Crippen LogP contribution in [0.4, 0.5) is 0 Å². The van der Waals surface area contributed by atoms with E-state index in [-0.39, 0.29) is 5.78 Å². The Kier molecular flexibility index (Phi) is 5.59. The summed E-state index contributed by atoms with van der Waals surface area (Å²) in [5.74, 6) is 0.372. The van der Waals surface area contributed by atoms with Crippen LogP contribution in [0.1, 0.15) is 10.4 Å². The van der Waals surface area contributed by atoms with Crippen molar-refractivity contribution in [3.8, 4) is 11.5 Å². The van der Waals surface area contributed by atoms with Gasteiger partial charge in [-0.3, -0.25) is 4.79 Å². The van der Waals surface area contributed by atoms with E-state index in [1.165, 1.54) is 0 Å². The molecule has 3 aromatic rings. The molecule has 126 valence electrons. The molecule has 0 aliphatic rings. The molecule has 0 bridgehead atoms. The second-order valence-electron chi connectivity index (χ2n) is 5.16. The highest BCUT2D eigenvalue weighted by atomic mass is 35.5. The zero-order valence-corrected chi connectivity index (χ0v) is 14.6. The minimum atomic E-state index is -1.22. The van der Waals surface area contributed by atoms with Crippen molar-refractivity contribution in [2.24, 2.45) is 0 Å². The van der Waals surface area contributed by atoms with Gasteiger partial charge in [0.1, 0.15) is 11.5 Å². The van der Waals surface area contributed by atoms with Gasteiger partial charge in [0.2, 0.25) is 5.78 Å². The number of ether oxygens (including phenoxy) is 2. The van der Waals surface area contributed by atoms with Crippen molar-refractivity contribution in [3.63, 3.8) is 0 Å². The lowest BCUT2D eigenvalue weighted by Gasteiger charge is -2.20. The predicted molar refractivity (Wildman–Crippen MR) is 98.7 cm³/mol. The fourth-order valence-corrected chi connectivity index (χ4v) is 2.54. The molecule has 5 heteroatoms. The molecule has 0 N–H and O–H groups in total.